The Balaban J connectivity index is 2.52. The van der Waals surface area contributed by atoms with Gasteiger partial charge in [0.25, 0.3) is 5.78 Å². The van der Waals surface area contributed by atoms with Crippen molar-refractivity contribution in [1.29, 1.82) is 0 Å². The molecule has 0 fully saturated rings. The average molecular weight is 226 g/mol. The molecule has 5 heteroatoms. The van der Waals surface area contributed by atoms with E-state index in [9.17, 15) is 4.79 Å². The molecule has 0 unspecified atom stereocenters. The summed E-state index contributed by atoms with van der Waals surface area (Å²) in [6, 6.07) is 7.72. The van der Waals surface area contributed by atoms with Crippen LogP contribution in [0.2, 0.25) is 0 Å². The van der Waals surface area contributed by atoms with Crippen molar-refractivity contribution in [2.45, 2.75) is 13.8 Å². The Kier molecular flexibility index (Phi) is 1.95. The number of Topliss-reactive ketones (excluding diaryl/α,β-unsaturated/α-hetero) is 1. The fourth-order valence-electron chi connectivity index (χ4n) is 2.01. The summed E-state index contributed by atoms with van der Waals surface area (Å²) in [4.78, 5) is 15.8. The summed E-state index contributed by atoms with van der Waals surface area (Å²) in [7, 11) is 0. The standard InChI is InChI=1S/C12H10N4O/c1-7-11(8(2)17)14-15-12-13-9-5-3-4-6-10(9)16(7)12/h3-6H,1-2H3. The van der Waals surface area contributed by atoms with E-state index in [4.69, 9.17) is 0 Å². The lowest BCUT2D eigenvalue weighted by atomic mass is 10.2. The first-order valence-corrected chi connectivity index (χ1v) is 5.30. The summed E-state index contributed by atoms with van der Waals surface area (Å²) >= 11 is 0. The number of ketones is 1. The predicted octanol–water partition coefficient (Wildman–Crippen LogP) is 1.79. The second-order valence-electron chi connectivity index (χ2n) is 3.93. The number of rotatable bonds is 1. The number of carbonyl (C=O) groups is 1. The van der Waals surface area contributed by atoms with Crippen LogP contribution in [0.25, 0.3) is 16.8 Å². The topological polar surface area (TPSA) is 60.2 Å². The van der Waals surface area contributed by atoms with Gasteiger partial charge < -0.3 is 0 Å². The zero-order valence-corrected chi connectivity index (χ0v) is 9.51. The average Bonchev–Trinajstić information content (AvgIpc) is 2.67. The first-order chi connectivity index (χ1) is 8.18. The molecule has 0 saturated carbocycles. The third kappa shape index (κ3) is 1.32. The van der Waals surface area contributed by atoms with Crippen LogP contribution in [0.4, 0.5) is 0 Å². The van der Waals surface area contributed by atoms with Gasteiger partial charge in [-0.05, 0) is 19.1 Å². The van der Waals surface area contributed by atoms with Crippen LogP contribution >= 0.6 is 0 Å². The Morgan fingerprint density at radius 3 is 2.76 bits per heavy atom. The minimum Gasteiger partial charge on any atom is -0.293 e. The Labute approximate surface area is 97.1 Å². The Morgan fingerprint density at radius 2 is 2.00 bits per heavy atom. The molecule has 2 aromatic heterocycles. The minimum absolute atomic E-state index is 0.0883. The highest BCUT2D eigenvalue weighted by Crippen LogP contribution is 2.17. The molecule has 0 radical (unpaired) electrons. The monoisotopic (exact) mass is 226 g/mol. The van der Waals surface area contributed by atoms with Gasteiger partial charge in [0.05, 0.1) is 16.7 Å². The van der Waals surface area contributed by atoms with E-state index in [0.717, 1.165) is 16.7 Å². The number of para-hydroxylation sites is 2. The van der Waals surface area contributed by atoms with Crippen molar-refractivity contribution in [2.75, 3.05) is 0 Å². The maximum atomic E-state index is 11.4. The molecule has 0 amide bonds. The normalized spacial score (nSPS) is 11.2. The summed E-state index contributed by atoms with van der Waals surface area (Å²) in [5.41, 5.74) is 2.96. The lowest BCUT2D eigenvalue weighted by Gasteiger charge is -2.03. The molecule has 2 heterocycles. The third-order valence-electron chi connectivity index (χ3n) is 2.79. The van der Waals surface area contributed by atoms with E-state index < -0.39 is 0 Å². The molecule has 0 bridgehead atoms. The molecule has 0 aliphatic rings. The van der Waals surface area contributed by atoms with Crippen LogP contribution in [-0.2, 0) is 0 Å². The van der Waals surface area contributed by atoms with Crippen molar-refractivity contribution in [3.63, 3.8) is 0 Å². The van der Waals surface area contributed by atoms with E-state index in [2.05, 4.69) is 15.2 Å². The molecule has 0 spiro atoms. The van der Waals surface area contributed by atoms with E-state index in [-0.39, 0.29) is 5.78 Å². The molecule has 5 nitrogen and oxygen atoms in total. The lowest BCUT2D eigenvalue weighted by Crippen LogP contribution is -2.08. The molecular formula is C12H10N4O. The van der Waals surface area contributed by atoms with Gasteiger partial charge in [0.1, 0.15) is 5.69 Å². The number of aryl methyl sites for hydroxylation is 1. The fraction of sp³-hybridized carbons (Fsp3) is 0.167. The van der Waals surface area contributed by atoms with Gasteiger partial charge in [-0.3, -0.25) is 9.20 Å². The zero-order valence-electron chi connectivity index (χ0n) is 9.51. The molecule has 0 N–H and O–H groups in total. The maximum Gasteiger partial charge on any atom is 0.254 e. The maximum absolute atomic E-state index is 11.4. The summed E-state index contributed by atoms with van der Waals surface area (Å²) in [6.45, 7) is 3.34. The van der Waals surface area contributed by atoms with Crippen LogP contribution in [0, 0.1) is 6.92 Å². The van der Waals surface area contributed by atoms with Crippen molar-refractivity contribution in [3.05, 3.63) is 35.7 Å². The van der Waals surface area contributed by atoms with Gasteiger partial charge in [-0.1, -0.05) is 12.1 Å². The van der Waals surface area contributed by atoms with E-state index in [1.165, 1.54) is 6.92 Å². The van der Waals surface area contributed by atoms with Crippen LogP contribution in [0.15, 0.2) is 24.3 Å². The first kappa shape index (κ1) is 9.89. The van der Waals surface area contributed by atoms with Gasteiger partial charge in [0, 0.05) is 6.92 Å². The van der Waals surface area contributed by atoms with Crippen LogP contribution in [0.3, 0.4) is 0 Å². The summed E-state index contributed by atoms with van der Waals surface area (Å²) in [5, 5.41) is 7.90. The van der Waals surface area contributed by atoms with Gasteiger partial charge >= 0.3 is 0 Å². The zero-order chi connectivity index (χ0) is 12.0. The van der Waals surface area contributed by atoms with Gasteiger partial charge in [0.2, 0.25) is 0 Å². The minimum atomic E-state index is -0.0883. The molecule has 0 aliphatic heterocycles. The number of hydrogen-bond acceptors (Lipinski definition) is 4. The highest BCUT2D eigenvalue weighted by Gasteiger charge is 2.13. The van der Waals surface area contributed by atoms with Crippen LogP contribution in [0.1, 0.15) is 23.1 Å². The highest BCUT2D eigenvalue weighted by atomic mass is 16.1. The van der Waals surface area contributed by atoms with Crippen LogP contribution in [0.5, 0.6) is 0 Å². The summed E-state index contributed by atoms with van der Waals surface area (Å²) < 4.78 is 1.86. The molecule has 3 rings (SSSR count). The van der Waals surface area contributed by atoms with Crippen molar-refractivity contribution < 1.29 is 4.79 Å². The second kappa shape index (κ2) is 3.35. The second-order valence-corrected chi connectivity index (χ2v) is 3.93. The van der Waals surface area contributed by atoms with Gasteiger partial charge in [0.15, 0.2) is 5.78 Å². The van der Waals surface area contributed by atoms with Gasteiger partial charge in [-0.15, -0.1) is 10.2 Å². The molecular weight excluding hydrogens is 216 g/mol. The third-order valence-corrected chi connectivity index (χ3v) is 2.79. The Bertz CT molecular complexity index is 745. The number of nitrogens with zero attached hydrogens (tertiary/aromatic N) is 4. The highest BCUT2D eigenvalue weighted by molar-refractivity contribution is 5.93. The van der Waals surface area contributed by atoms with Crippen LogP contribution in [-0.4, -0.2) is 25.4 Å². The van der Waals surface area contributed by atoms with Crippen molar-refractivity contribution >= 4 is 22.6 Å². The summed E-state index contributed by atoms with van der Waals surface area (Å²) in [6.07, 6.45) is 0. The van der Waals surface area contributed by atoms with E-state index in [1.54, 1.807) is 0 Å². The molecule has 17 heavy (non-hydrogen) atoms. The number of aromatic nitrogens is 4. The van der Waals surface area contributed by atoms with Crippen molar-refractivity contribution in [2.24, 2.45) is 0 Å². The molecule has 0 atom stereocenters. The van der Waals surface area contributed by atoms with E-state index >= 15 is 0 Å². The molecule has 0 aliphatic carbocycles. The van der Waals surface area contributed by atoms with Crippen molar-refractivity contribution in [1.82, 2.24) is 19.6 Å². The molecule has 0 saturated heterocycles. The Morgan fingerprint density at radius 1 is 1.24 bits per heavy atom. The number of fused-ring (bicyclic) bond motifs is 3. The van der Waals surface area contributed by atoms with Crippen LogP contribution < -0.4 is 0 Å². The molecule has 3 aromatic rings. The predicted molar refractivity (Wildman–Crippen MR) is 63.0 cm³/mol. The number of imidazole rings is 1. The Hall–Kier alpha value is -2.30. The fourth-order valence-corrected chi connectivity index (χ4v) is 2.01. The quantitative estimate of drug-likeness (QED) is 0.593. The largest absolute Gasteiger partial charge is 0.293 e. The van der Waals surface area contributed by atoms with E-state index in [0.29, 0.717) is 11.5 Å². The number of hydrogen-bond donors (Lipinski definition) is 0. The first-order valence-electron chi connectivity index (χ1n) is 5.30. The number of carbonyl (C=O) groups excluding carboxylic acids is 1. The summed E-state index contributed by atoms with van der Waals surface area (Å²) in [5.74, 6) is 0.434. The van der Waals surface area contributed by atoms with E-state index in [1.807, 2.05) is 35.6 Å². The number of benzene rings is 1. The molecule has 1 aromatic carbocycles. The SMILES string of the molecule is CC(=O)c1nnc2nc3ccccc3n2c1C. The van der Waals surface area contributed by atoms with Crippen molar-refractivity contribution in [3.8, 4) is 0 Å². The van der Waals surface area contributed by atoms with Gasteiger partial charge in [-0.2, -0.15) is 0 Å². The smallest absolute Gasteiger partial charge is 0.254 e. The van der Waals surface area contributed by atoms with Gasteiger partial charge in [-0.25, -0.2) is 4.98 Å². The lowest BCUT2D eigenvalue weighted by molar-refractivity contribution is 0.101. The molecule has 84 valence electrons.